The lowest BCUT2D eigenvalue weighted by Gasteiger charge is -2.10. The molecule has 0 aliphatic heterocycles. The third-order valence-electron chi connectivity index (χ3n) is 4.74. The molecule has 1 heterocycles. The third kappa shape index (κ3) is 6.26. The molecule has 2 aromatic carbocycles. The number of nitrogens with two attached hydrogens (primary N) is 1. The van der Waals surface area contributed by atoms with E-state index in [9.17, 15) is 18.0 Å². The summed E-state index contributed by atoms with van der Waals surface area (Å²) in [5.74, 6) is 1.13. The highest BCUT2D eigenvalue weighted by atomic mass is 35.5. The van der Waals surface area contributed by atoms with Crippen LogP contribution in [0.25, 0.3) is 0 Å². The number of nitrogens with zero attached hydrogens (tertiary/aromatic N) is 1. The molecule has 1 amide bonds. The zero-order valence-electron chi connectivity index (χ0n) is 17.8. The first-order valence-electron chi connectivity index (χ1n) is 9.86. The topological polar surface area (TPSA) is 80.6 Å². The lowest BCUT2D eigenvalue weighted by atomic mass is 10.1. The minimum atomic E-state index is -4.72. The van der Waals surface area contributed by atoms with Crippen LogP contribution in [-0.4, -0.2) is 17.8 Å². The molecule has 172 valence electrons. The van der Waals surface area contributed by atoms with Crippen LogP contribution in [0.4, 0.5) is 18.9 Å². The quantitative estimate of drug-likeness (QED) is 0.429. The molecule has 5 nitrogen and oxygen atoms in total. The molecule has 3 rings (SSSR count). The van der Waals surface area contributed by atoms with E-state index in [2.05, 4.69) is 10.3 Å². The van der Waals surface area contributed by atoms with E-state index >= 15 is 0 Å². The Bertz CT molecular complexity index is 1210. The molecule has 0 aliphatic rings. The van der Waals surface area contributed by atoms with Crippen molar-refractivity contribution in [1.82, 2.24) is 5.32 Å². The van der Waals surface area contributed by atoms with Crippen molar-refractivity contribution in [2.24, 2.45) is 10.7 Å². The van der Waals surface area contributed by atoms with Crippen molar-refractivity contribution in [2.75, 3.05) is 0 Å². The van der Waals surface area contributed by atoms with Gasteiger partial charge in [0.1, 0.15) is 17.2 Å². The molecule has 0 saturated heterocycles. The van der Waals surface area contributed by atoms with Crippen LogP contribution in [0.5, 0.6) is 0 Å². The number of rotatable bonds is 6. The largest absolute Gasteiger partial charge is 0.466 e. The molecule has 33 heavy (non-hydrogen) atoms. The van der Waals surface area contributed by atoms with E-state index < -0.39 is 11.9 Å². The van der Waals surface area contributed by atoms with Crippen molar-refractivity contribution in [3.8, 4) is 0 Å². The highest BCUT2D eigenvalue weighted by Crippen LogP contribution is 2.27. The Morgan fingerprint density at radius 3 is 2.33 bits per heavy atom. The summed E-state index contributed by atoms with van der Waals surface area (Å²) in [6.45, 7) is 3.91. The number of carbonyl (C=O) groups is 1. The van der Waals surface area contributed by atoms with Crippen LogP contribution in [0.3, 0.4) is 0 Å². The lowest BCUT2D eigenvalue weighted by molar-refractivity contribution is -0.0925. The summed E-state index contributed by atoms with van der Waals surface area (Å²) in [4.78, 5) is 16.8. The van der Waals surface area contributed by atoms with E-state index in [1.807, 2.05) is 19.9 Å². The molecule has 3 aromatic rings. The van der Waals surface area contributed by atoms with Crippen LogP contribution in [0, 0.1) is 13.8 Å². The summed E-state index contributed by atoms with van der Waals surface area (Å²) in [6.07, 6.45) is -3.98. The summed E-state index contributed by atoms with van der Waals surface area (Å²) in [5, 5.41) is 3.06. The predicted octanol–water partition coefficient (Wildman–Crippen LogP) is 6.01. The van der Waals surface area contributed by atoms with Gasteiger partial charge in [-0.15, -0.1) is 0 Å². The summed E-state index contributed by atoms with van der Waals surface area (Å²) < 4.78 is 44.5. The van der Waals surface area contributed by atoms with Crippen molar-refractivity contribution in [2.45, 2.75) is 26.6 Å². The van der Waals surface area contributed by atoms with Crippen molar-refractivity contribution in [3.63, 3.8) is 0 Å². The fourth-order valence-corrected chi connectivity index (χ4v) is 3.19. The van der Waals surface area contributed by atoms with Gasteiger partial charge < -0.3 is 15.5 Å². The molecule has 1 aromatic heterocycles. The van der Waals surface area contributed by atoms with Gasteiger partial charge in [0.2, 0.25) is 0 Å². The molecule has 0 atom stereocenters. The number of aryl methyl sites for hydroxylation is 2. The van der Waals surface area contributed by atoms with Crippen molar-refractivity contribution in [1.29, 1.82) is 0 Å². The molecule has 0 unspecified atom stereocenters. The van der Waals surface area contributed by atoms with Gasteiger partial charge >= 0.3 is 6.18 Å². The van der Waals surface area contributed by atoms with Gasteiger partial charge in [0.05, 0.1) is 16.4 Å². The second-order valence-electron chi connectivity index (χ2n) is 7.24. The molecule has 0 saturated carbocycles. The summed E-state index contributed by atoms with van der Waals surface area (Å²) >= 11 is 6.11. The predicted molar refractivity (Wildman–Crippen MR) is 122 cm³/mol. The number of furan rings is 1. The van der Waals surface area contributed by atoms with Crippen LogP contribution in [0.2, 0.25) is 5.02 Å². The Hall–Kier alpha value is -3.52. The van der Waals surface area contributed by atoms with Gasteiger partial charge in [-0.1, -0.05) is 35.9 Å². The maximum absolute atomic E-state index is 13.0. The first kappa shape index (κ1) is 24.1. The van der Waals surface area contributed by atoms with Crippen LogP contribution >= 0.6 is 11.6 Å². The van der Waals surface area contributed by atoms with Gasteiger partial charge in [0.25, 0.3) is 5.91 Å². The third-order valence-corrected chi connectivity index (χ3v) is 5.06. The molecular weight excluding hydrogens is 455 g/mol. The normalized spacial score (nSPS) is 12.7. The van der Waals surface area contributed by atoms with E-state index in [0.717, 1.165) is 23.2 Å². The average Bonchev–Trinajstić information content (AvgIpc) is 3.09. The van der Waals surface area contributed by atoms with Crippen LogP contribution in [-0.2, 0) is 6.54 Å². The van der Waals surface area contributed by atoms with E-state index in [1.54, 1.807) is 24.3 Å². The van der Waals surface area contributed by atoms with Gasteiger partial charge in [-0.25, -0.2) is 4.99 Å². The lowest BCUT2D eigenvalue weighted by Crippen LogP contribution is -2.23. The van der Waals surface area contributed by atoms with Crippen molar-refractivity contribution >= 4 is 28.9 Å². The number of hydrogen-bond donors (Lipinski definition) is 2. The van der Waals surface area contributed by atoms with Crippen molar-refractivity contribution < 1.29 is 22.4 Å². The Labute approximate surface area is 193 Å². The molecule has 0 fully saturated rings. The Balaban J connectivity index is 1.86. The summed E-state index contributed by atoms with van der Waals surface area (Å²) in [6, 6.07) is 14.3. The first-order valence-corrected chi connectivity index (χ1v) is 10.2. The minimum absolute atomic E-state index is 0.0469. The fraction of sp³-hybridized carbons (Fsp3) is 0.167. The smallest absolute Gasteiger partial charge is 0.430 e. The van der Waals surface area contributed by atoms with Gasteiger partial charge in [-0.2, -0.15) is 13.2 Å². The summed E-state index contributed by atoms with van der Waals surface area (Å²) in [5.41, 5.74) is 5.68. The second kappa shape index (κ2) is 9.95. The SMILES string of the molecule is Cc1cc(CNC(=O)c2ccc(C(/C=C(\N)C(F)(F)F)=Nc3ccccc3Cl)cc2)c(C)o1. The first-order chi connectivity index (χ1) is 15.5. The minimum Gasteiger partial charge on any atom is -0.466 e. The summed E-state index contributed by atoms with van der Waals surface area (Å²) in [7, 11) is 0. The van der Waals surface area contributed by atoms with E-state index in [-0.39, 0.29) is 28.9 Å². The van der Waals surface area contributed by atoms with Gasteiger partial charge in [-0.05, 0) is 50.3 Å². The van der Waals surface area contributed by atoms with E-state index in [1.165, 1.54) is 24.3 Å². The zero-order chi connectivity index (χ0) is 24.2. The maximum atomic E-state index is 13.0. The number of carbonyl (C=O) groups excluding carboxylic acids is 1. The fourth-order valence-electron chi connectivity index (χ4n) is 3.01. The number of benzene rings is 2. The highest BCUT2D eigenvalue weighted by molar-refractivity contribution is 6.33. The number of amides is 1. The number of hydrogen-bond acceptors (Lipinski definition) is 4. The molecule has 0 radical (unpaired) electrons. The monoisotopic (exact) mass is 475 g/mol. The van der Waals surface area contributed by atoms with Crippen LogP contribution in [0.15, 0.2) is 75.8 Å². The zero-order valence-corrected chi connectivity index (χ0v) is 18.6. The molecule has 3 N–H and O–H groups in total. The van der Waals surface area contributed by atoms with Gasteiger partial charge in [0.15, 0.2) is 0 Å². The number of aliphatic imine (C=N–C) groups is 1. The Morgan fingerprint density at radius 1 is 1.12 bits per heavy atom. The number of allylic oxidation sites excluding steroid dienone is 2. The number of para-hydroxylation sites is 1. The molecule has 0 bridgehead atoms. The van der Waals surface area contributed by atoms with Gasteiger partial charge in [0, 0.05) is 23.2 Å². The van der Waals surface area contributed by atoms with Crippen molar-refractivity contribution in [3.05, 3.63) is 99.6 Å². The van der Waals surface area contributed by atoms with E-state index in [4.69, 9.17) is 21.8 Å². The Morgan fingerprint density at radius 2 is 1.76 bits per heavy atom. The second-order valence-corrected chi connectivity index (χ2v) is 7.65. The Kier molecular flexibility index (Phi) is 7.28. The number of halogens is 4. The molecular formula is C24H21ClF3N3O2. The number of alkyl halides is 3. The molecule has 0 aliphatic carbocycles. The highest BCUT2D eigenvalue weighted by Gasteiger charge is 2.31. The van der Waals surface area contributed by atoms with Crippen LogP contribution < -0.4 is 11.1 Å². The maximum Gasteiger partial charge on any atom is 0.430 e. The molecule has 0 spiro atoms. The molecule has 9 heteroatoms. The average molecular weight is 476 g/mol. The van der Waals surface area contributed by atoms with E-state index in [0.29, 0.717) is 11.1 Å². The van der Waals surface area contributed by atoms with Crippen LogP contribution in [0.1, 0.15) is 33.0 Å². The number of nitrogens with one attached hydrogen (secondary N) is 1. The standard InChI is InChI=1S/C24H21ClF3N3O2/c1-14-11-18(15(2)33-14)13-30-23(32)17-9-7-16(8-10-17)21(12-22(29)24(26,27)28)31-20-6-4-3-5-19(20)25/h3-12H,13,29H2,1-2H3,(H,30,32)/b22-12-,31-21?. The van der Waals surface area contributed by atoms with Gasteiger partial charge in [-0.3, -0.25) is 4.79 Å².